The molecule has 0 aliphatic carbocycles. The molecule has 0 unspecified atom stereocenters. The Morgan fingerprint density at radius 2 is 1.75 bits per heavy atom. The Hall–Kier alpha value is -3.72. The molecule has 2 aromatic carbocycles. The van der Waals surface area contributed by atoms with Crippen molar-refractivity contribution < 1.29 is 16.8 Å². The molecule has 5 rings (SSSR count). The lowest BCUT2D eigenvalue weighted by Crippen LogP contribution is -2.12. The summed E-state index contributed by atoms with van der Waals surface area (Å²) in [5, 5.41) is 8.53. The molecular weight excluding hydrogens is 618 g/mol. The topological polar surface area (TPSA) is 165 Å². The number of imidazole rings is 1. The van der Waals surface area contributed by atoms with Gasteiger partial charge in [0.05, 0.1) is 32.7 Å². The Kier molecular flexibility index (Phi) is 6.98. The van der Waals surface area contributed by atoms with Crippen LogP contribution in [-0.2, 0) is 20.0 Å². The number of halogens is 1. The second-order valence-electron chi connectivity index (χ2n) is 9.41. The zero-order valence-corrected chi connectivity index (χ0v) is 25.2. The van der Waals surface area contributed by atoms with E-state index in [1.807, 2.05) is 37.5 Å². The third-order valence-corrected chi connectivity index (χ3v) is 8.53. The predicted molar refractivity (Wildman–Crippen MR) is 160 cm³/mol. The summed E-state index contributed by atoms with van der Waals surface area (Å²) in [6.07, 6.45) is 2.75. The van der Waals surface area contributed by atoms with E-state index in [-0.39, 0.29) is 4.90 Å². The van der Waals surface area contributed by atoms with Crippen molar-refractivity contribution in [2.24, 2.45) is 5.14 Å². The van der Waals surface area contributed by atoms with Crippen LogP contribution in [0.2, 0.25) is 0 Å². The van der Waals surface area contributed by atoms with Crippen molar-refractivity contribution >= 4 is 64.2 Å². The molecule has 0 radical (unpaired) electrons. The van der Waals surface area contributed by atoms with Gasteiger partial charge in [-0.2, -0.15) is 0 Å². The first-order valence-electron chi connectivity index (χ1n) is 11.9. The van der Waals surface area contributed by atoms with Gasteiger partial charge in [-0.25, -0.2) is 31.9 Å². The van der Waals surface area contributed by atoms with Gasteiger partial charge in [-0.05, 0) is 78.7 Å². The van der Waals surface area contributed by atoms with E-state index in [0.29, 0.717) is 38.5 Å². The minimum Gasteiger partial charge on any atom is -0.353 e. The van der Waals surface area contributed by atoms with Crippen molar-refractivity contribution in [3.8, 4) is 17.1 Å². The summed E-state index contributed by atoms with van der Waals surface area (Å²) in [5.41, 5.74) is 6.99. The van der Waals surface area contributed by atoms with Gasteiger partial charge in [0.15, 0.2) is 5.65 Å². The van der Waals surface area contributed by atoms with Crippen LogP contribution in [0.3, 0.4) is 0 Å². The number of nitrogens with zero attached hydrogens (tertiary/aromatic N) is 3. The lowest BCUT2D eigenvalue weighted by Gasteiger charge is -2.16. The molecule has 3 aromatic heterocycles. The highest BCUT2D eigenvalue weighted by molar-refractivity contribution is 9.10. The minimum absolute atomic E-state index is 0.0137. The van der Waals surface area contributed by atoms with Crippen LogP contribution in [0.1, 0.15) is 17.0 Å². The molecule has 5 aromatic rings. The summed E-state index contributed by atoms with van der Waals surface area (Å²) in [5.74, 6) is 0.587. The number of nitrogens with one attached hydrogen (secondary N) is 3. The van der Waals surface area contributed by atoms with Crippen molar-refractivity contribution in [1.29, 1.82) is 0 Å². The molecule has 0 atom stereocenters. The van der Waals surface area contributed by atoms with Crippen LogP contribution in [0.4, 0.5) is 17.1 Å². The van der Waals surface area contributed by atoms with Gasteiger partial charge in [-0.15, -0.1) is 0 Å². The minimum atomic E-state index is -3.87. The zero-order valence-electron chi connectivity index (χ0n) is 21.9. The highest BCUT2D eigenvalue weighted by atomic mass is 79.9. The van der Waals surface area contributed by atoms with Gasteiger partial charge in [0.25, 0.3) is 0 Å². The standard InChI is InChI=1S/C26H26BrN7O4S2/c1-14-11-19(16(3)34(14)22-10-6-9-21(15(22)2)33-39(4,35)36)25-31-24-23(20(27)13-29-26(24)32-25)30-17-7-5-8-18(12-17)40(28,37)38/h5-13,33H,1-4H3,(H2,28,37,38)(H2,29,30,31,32). The highest BCUT2D eigenvalue weighted by Gasteiger charge is 2.20. The molecular formula is C26H26BrN7O4S2. The monoisotopic (exact) mass is 643 g/mol. The van der Waals surface area contributed by atoms with Crippen molar-refractivity contribution in [1.82, 2.24) is 19.5 Å². The molecule has 14 heteroatoms. The first kappa shape index (κ1) is 27.8. The number of anilines is 3. The van der Waals surface area contributed by atoms with Crippen LogP contribution in [0.15, 0.2) is 64.1 Å². The van der Waals surface area contributed by atoms with E-state index in [0.717, 1.165) is 34.5 Å². The van der Waals surface area contributed by atoms with E-state index in [4.69, 9.17) is 10.1 Å². The smallest absolute Gasteiger partial charge is 0.238 e. The molecule has 11 nitrogen and oxygen atoms in total. The highest BCUT2D eigenvalue weighted by Crippen LogP contribution is 2.36. The van der Waals surface area contributed by atoms with Crippen LogP contribution in [0.5, 0.6) is 0 Å². The number of sulfonamides is 2. The number of hydrogen-bond acceptors (Lipinski definition) is 7. The molecule has 40 heavy (non-hydrogen) atoms. The van der Waals surface area contributed by atoms with E-state index in [1.54, 1.807) is 30.5 Å². The third-order valence-electron chi connectivity index (χ3n) is 6.43. The molecule has 0 saturated carbocycles. The van der Waals surface area contributed by atoms with Gasteiger partial charge in [0, 0.05) is 28.8 Å². The second kappa shape index (κ2) is 10.0. The number of primary sulfonamides is 1. The lowest BCUT2D eigenvalue weighted by molar-refractivity contribution is 0.597. The molecule has 0 amide bonds. The van der Waals surface area contributed by atoms with Gasteiger partial charge in [0.1, 0.15) is 11.3 Å². The molecule has 0 fully saturated rings. The SMILES string of the molecule is Cc1c(NS(C)(=O)=O)cccc1-n1c(C)cc(-c2nc3c(Nc4cccc(S(N)(=O)=O)c4)c(Br)cnc3[nH]2)c1C. The summed E-state index contributed by atoms with van der Waals surface area (Å²) in [4.78, 5) is 12.6. The Balaban J connectivity index is 1.59. The summed E-state index contributed by atoms with van der Waals surface area (Å²) in [7, 11) is -7.31. The molecule has 0 aliphatic rings. The maximum absolute atomic E-state index is 11.9. The molecule has 0 spiro atoms. The molecule has 0 bridgehead atoms. The Labute approximate surface area is 240 Å². The first-order valence-corrected chi connectivity index (χ1v) is 16.2. The zero-order chi connectivity index (χ0) is 29.0. The summed E-state index contributed by atoms with van der Waals surface area (Å²) in [6, 6.07) is 13.7. The van der Waals surface area contributed by atoms with E-state index >= 15 is 0 Å². The van der Waals surface area contributed by atoms with E-state index in [9.17, 15) is 16.8 Å². The van der Waals surface area contributed by atoms with Crippen LogP contribution in [0.25, 0.3) is 28.2 Å². The maximum atomic E-state index is 11.9. The van der Waals surface area contributed by atoms with Crippen molar-refractivity contribution in [3.05, 3.63) is 76.2 Å². The summed E-state index contributed by atoms with van der Waals surface area (Å²) >= 11 is 3.52. The number of benzene rings is 2. The number of fused-ring (bicyclic) bond motifs is 1. The van der Waals surface area contributed by atoms with Crippen LogP contribution in [-0.4, -0.2) is 42.6 Å². The summed E-state index contributed by atoms with van der Waals surface area (Å²) < 4.78 is 52.6. The fourth-order valence-electron chi connectivity index (χ4n) is 4.62. The van der Waals surface area contributed by atoms with Gasteiger partial charge in [0.2, 0.25) is 20.0 Å². The van der Waals surface area contributed by atoms with Gasteiger partial charge < -0.3 is 14.9 Å². The third kappa shape index (κ3) is 5.35. The number of aromatic amines is 1. The van der Waals surface area contributed by atoms with Crippen LogP contribution >= 0.6 is 15.9 Å². The number of rotatable bonds is 7. The summed E-state index contributed by atoms with van der Waals surface area (Å²) in [6.45, 7) is 5.80. The lowest BCUT2D eigenvalue weighted by atomic mass is 10.1. The second-order valence-corrected chi connectivity index (χ2v) is 13.6. The van der Waals surface area contributed by atoms with Crippen molar-refractivity contribution in [2.45, 2.75) is 25.7 Å². The van der Waals surface area contributed by atoms with E-state index in [1.165, 1.54) is 12.1 Å². The Morgan fingerprint density at radius 1 is 1.02 bits per heavy atom. The van der Waals surface area contributed by atoms with Gasteiger partial charge in [-0.3, -0.25) is 4.72 Å². The number of H-pyrrole nitrogens is 1. The number of aromatic nitrogens is 4. The molecule has 3 heterocycles. The number of nitrogens with two attached hydrogens (primary N) is 1. The first-order chi connectivity index (χ1) is 18.7. The average Bonchev–Trinajstić information content (AvgIpc) is 3.42. The molecule has 5 N–H and O–H groups in total. The van der Waals surface area contributed by atoms with Crippen LogP contribution in [0, 0.1) is 20.8 Å². The van der Waals surface area contributed by atoms with Crippen molar-refractivity contribution in [3.63, 3.8) is 0 Å². The fourth-order valence-corrected chi connectivity index (χ4v) is 6.19. The van der Waals surface area contributed by atoms with E-state index < -0.39 is 20.0 Å². The Morgan fingerprint density at radius 3 is 2.45 bits per heavy atom. The van der Waals surface area contributed by atoms with Crippen molar-refractivity contribution in [2.75, 3.05) is 16.3 Å². The number of aryl methyl sites for hydroxylation is 1. The van der Waals surface area contributed by atoms with Gasteiger partial charge in [-0.1, -0.05) is 12.1 Å². The quantitative estimate of drug-likeness (QED) is 0.196. The van der Waals surface area contributed by atoms with E-state index in [2.05, 4.69) is 35.9 Å². The predicted octanol–water partition coefficient (Wildman–Crippen LogP) is 4.87. The molecule has 208 valence electrons. The largest absolute Gasteiger partial charge is 0.353 e. The molecule has 0 saturated heterocycles. The Bertz CT molecular complexity index is 2020. The fraction of sp³-hybridized carbons (Fsp3) is 0.154. The maximum Gasteiger partial charge on any atom is 0.238 e. The molecule has 0 aliphatic heterocycles. The number of hydrogen-bond donors (Lipinski definition) is 4. The van der Waals surface area contributed by atoms with Gasteiger partial charge >= 0.3 is 0 Å². The number of pyridine rings is 1. The average molecular weight is 645 g/mol. The van der Waals surface area contributed by atoms with Crippen LogP contribution < -0.4 is 15.2 Å². The normalized spacial score (nSPS) is 12.2.